The fraction of sp³-hybridized carbons (Fsp3) is 0.348. The summed E-state index contributed by atoms with van der Waals surface area (Å²) in [5.74, 6) is 1.71. The summed E-state index contributed by atoms with van der Waals surface area (Å²) in [6.07, 6.45) is 0.522. The first-order chi connectivity index (χ1) is 14.3. The van der Waals surface area contributed by atoms with Crippen molar-refractivity contribution in [3.05, 3.63) is 54.6 Å². The van der Waals surface area contributed by atoms with Crippen LogP contribution in [0.1, 0.15) is 6.92 Å². The molecule has 2 aromatic carbocycles. The maximum absolute atomic E-state index is 5.73. The predicted octanol–water partition coefficient (Wildman–Crippen LogP) is 3.79. The maximum atomic E-state index is 5.73. The molecule has 6 heteroatoms. The predicted molar refractivity (Wildman–Crippen MR) is 109 cm³/mol. The normalized spacial score (nSPS) is 19.8. The SMILES string of the molecule is CCn1nc(-c2ccc(OCC3CO3)cc2)cc1-c1ccc(OCC2CO2)cc1. The van der Waals surface area contributed by atoms with Gasteiger partial charge in [-0.3, -0.25) is 4.68 Å². The lowest BCUT2D eigenvalue weighted by Gasteiger charge is -2.07. The number of rotatable bonds is 9. The first kappa shape index (κ1) is 18.2. The molecule has 2 unspecified atom stereocenters. The van der Waals surface area contributed by atoms with Gasteiger partial charge in [0.25, 0.3) is 0 Å². The van der Waals surface area contributed by atoms with E-state index in [-0.39, 0.29) is 12.2 Å². The lowest BCUT2D eigenvalue weighted by molar-refractivity contribution is 0.263. The zero-order valence-electron chi connectivity index (χ0n) is 16.4. The summed E-state index contributed by atoms with van der Waals surface area (Å²) in [7, 11) is 0. The minimum absolute atomic E-state index is 0.260. The van der Waals surface area contributed by atoms with Crippen LogP contribution in [0, 0.1) is 0 Å². The Bertz CT molecular complexity index is 958. The van der Waals surface area contributed by atoms with E-state index in [0.717, 1.165) is 53.8 Å². The molecule has 2 fully saturated rings. The fourth-order valence-electron chi connectivity index (χ4n) is 3.18. The van der Waals surface area contributed by atoms with Gasteiger partial charge in [0.2, 0.25) is 0 Å². The maximum Gasteiger partial charge on any atom is 0.119 e. The summed E-state index contributed by atoms with van der Waals surface area (Å²) in [6, 6.07) is 18.3. The third-order valence-electron chi connectivity index (χ3n) is 5.06. The summed E-state index contributed by atoms with van der Waals surface area (Å²) in [5.41, 5.74) is 4.22. The Balaban J connectivity index is 1.31. The monoisotopic (exact) mass is 392 g/mol. The summed E-state index contributed by atoms with van der Waals surface area (Å²) in [6.45, 7) is 5.74. The van der Waals surface area contributed by atoms with Crippen molar-refractivity contribution in [2.75, 3.05) is 26.4 Å². The number of nitrogens with zero attached hydrogens (tertiary/aromatic N) is 2. The molecule has 3 heterocycles. The number of hydrogen-bond acceptors (Lipinski definition) is 5. The highest BCUT2D eigenvalue weighted by Crippen LogP contribution is 2.29. The van der Waals surface area contributed by atoms with Gasteiger partial charge in [0.1, 0.15) is 36.9 Å². The highest BCUT2D eigenvalue weighted by atomic mass is 16.6. The lowest BCUT2D eigenvalue weighted by Crippen LogP contribution is -2.04. The van der Waals surface area contributed by atoms with Crippen LogP contribution >= 0.6 is 0 Å². The van der Waals surface area contributed by atoms with E-state index in [1.807, 2.05) is 41.1 Å². The van der Waals surface area contributed by atoms with Crippen LogP contribution in [0.25, 0.3) is 22.5 Å². The lowest BCUT2D eigenvalue weighted by atomic mass is 10.1. The van der Waals surface area contributed by atoms with Crippen LogP contribution in [-0.4, -0.2) is 48.4 Å². The van der Waals surface area contributed by atoms with E-state index < -0.39 is 0 Å². The van der Waals surface area contributed by atoms with Gasteiger partial charge in [-0.25, -0.2) is 0 Å². The van der Waals surface area contributed by atoms with Crippen molar-refractivity contribution < 1.29 is 18.9 Å². The molecular weight excluding hydrogens is 368 g/mol. The Kier molecular flexibility index (Phi) is 4.96. The summed E-state index contributed by atoms with van der Waals surface area (Å²) in [4.78, 5) is 0. The molecule has 2 aliphatic rings. The first-order valence-corrected chi connectivity index (χ1v) is 10.1. The molecule has 6 nitrogen and oxygen atoms in total. The molecule has 0 N–H and O–H groups in total. The van der Waals surface area contributed by atoms with Crippen molar-refractivity contribution in [2.24, 2.45) is 0 Å². The van der Waals surface area contributed by atoms with E-state index in [1.54, 1.807) is 0 Å². The third kappa shape index (κ3) is 4.44. The van der Waals surface area contributed by atoms with Crippen molar-refractivity contribution in [2.45, 2.75) is 25.7 Å². The highest BCUT2D eigenvalue weighted by molar-refractivity contribution is 5.69. The molecule has 29 heavy (non-hydrogen) atoms. The van der Waals surface area contributed by atoms with E-state index in [1.165, 1.54) is 0 Å². The molecule has 2 saturated heterocycles. The van der Waals surface area contributed by atoms with Gasteiger partial charge in [-0.2, -0.15) is 5.10 Å². The van der Waals surface area contributed by atoms with Gasteiger partial charge in [-0.15, -0.1) is 0 Å². The second kappa shape index (κ2) is 7.89. The number of ether oxygens (including phenoxy) is 4. The summed E-state index contributed by atoms with van der Waals surface area (Å²) < 4.78 is 23.8. The molecule has 150 valence electrons. The Labute approximate surface area is 170 Å². The molecule has 0 aliphatic carbocycles. The first-order valence-electron chi connectivity index (χ1n) is 10.1. The van der Waals surface area contributed by atoms with Gasteiger partial charge in [0.15, 0.2) is 0 Å². The molecule has 0 amide bonds. The van der Waals surface area contributed by atoms with E-state index in [4.69, 9.17) is 24.0 Å². The smallest absolute Gasteiger partial charge is 0.119 e. The summed E-state index contributed by atoms with van der Waals surface area (Å²) >= 11 is 0. The average Bonchev–Trinajstić information content (AvgIpc) is 3.70. The molecular formula is C23H24N2O4. The Hall–Kier alpha value is -2.83. The number of aromatic nitrogens is 2. The van der Waals surface area contributed by atoms with E-state index in [2.05, 4.69) is 25.1 Å². The molecule has 1 aromatic heterocycles. The van der Waals surface area contributed by atoms with Gasteiger partial charge in [0, 0.05) is 17.7 Å². The van der Waals surface area contributed by atoms with Crippen molar-refractivity contribution in [1.29, 1.82) is 0 Å². The number of epoxide rings is 2. The van der Waals surface area contributed by atoms with Crippen molar-refractivity contribution in [3.8, 4) is 34.0 Å². The van der Waals surface area contributed by atoms with Crippen molar-refractivity contribution >= 4 is 0 Å². The fourth-order valence-corrected chi connectivity index (χ4v) is 3.18. The molecule has 0 radical (unpaired) electrons. The van der Waals surface area contributed by atoms with Crippen LogP contribution < -0.4 is 9.47 Å². The van der Waals surface area contributed by atoms with Gasteiger partial charge in [-0.1, -0.05) is 0 Å². The topological polar surface area (TPSA) is 61.3 Å². The highest BCUT2D eigenvalue weighted by Gasteiger charge is 2.23. The number of benzene rings is 2. The zero-order valence-corrected chi connectivity index (χ0v) is 16.4. The standard InChI is InChI=1S/C23H24N2O4/c1-2-25-23(17-5-9-19(10-6-17)27-13-21-15-29-21)11-22(24-25)16-3-7-18(8-4-16)26-12-20-14-28-20/h3-11,20-21H,2,12-15H2,1H3. The minimum Gasteiger partial charge on any atom is -0.491 e. The quantitative estimate of drug-likeness (QED) is 0.519. The Morgan fingerprint density at radius 3 is 1.86 bits per heavy atom. The van der Waals surface area contributed by atoms with Crippen LogP contribution in [0.15, 0.2) is 54.6 Å². The van der Waals surface area contributed by atoms with Crippen LogP contribution in [0.3, 0.4) is 0 Å². The van der Waals surface area contributed by atoms with Crippen LogP contribution in [0.2, 0.25) is 0 Å². The molecule has 0 spiro atoms. The minimum atomic E-state index is 0.260. The van der Waals surface area contributed by atoms with Crippen molar-refractivity contribution in [3.63, 3.8) is 0 Å². The number of aryl methyl sites for hydroxylation is 1. The Morgan fingerprint density at radius 1 is 0.862 bits per heavy atom. The van der Waals surface area contributed by atoms with E-state index in [0.29, 0.717) is 13.2 Å². The molecule has 5 rings (SSSR count). The number of hydrogen-bond donors (Lipinski definition) is 0. The van der Waals surface area contributed by atoms with Crippen LogP contribution in [0.5, 0.6) is 11.5 Å². The zero-order chi connectivity index (χ0) is 19.6. The second-order valence-electron chi connectivity index (χ2n) is 7.31. The van der Waals surface area contributed by atoms with Gasteiger partial charge in [0.05, 0.1) is 24.6 Å². The molecule has 3 aromatic rings. The van der Waals surface area contributed by atoms with Crippen LogP contribution in [-0.2, 0) is 16.0 Å². The van der Waals surface area contributed by atoms with Gasteiger partial charge >= 0.3 is 0 Å². The molecule has 2 atom stereocenters. The van der Waals surface area contributed by atoms with E-state index >= 15 is 0 Å². The van der Waals surface area contributed by atoms with Gasteiger partial charge in [-0.05, 0) is 61.5 Å². The van der Waals surface area contributed by atoms with Crippen LogP contribution in [0.4, 0.5) is 0 Å². The molecule has 2 aliphatic heterocycles. The largest absolute Gasteiger partial charge is 0.491 e. The molecule has 0 bridgehead atoms. The van der Waals surface area contributed by atoms with Gasteiger partial charge < -0.3 is 18.9 Å². The summed E-state index contributed by atoms with van der Waals surface area (Å²) in [5, 5.41) is 4.79. The third-order valence-corrected chi connectivity index (χ3v) is 5.06. The van der Waals surface area contributed by atoms with E-state index in [9.17, 15) is 0 Å². The Morgan fingerprint density at radius 2 is 1.38 bits per heavy atom. The molecule has 0 saturated carbocycles. The second-order valence-corrected chi connectivity index (χ2v) is 7.31. The van der Waals surface area contributed by atoms with Crippen molar-refractivity contribution in [1.82, 2.24) is 9.78 Å². The average molecular weight is 392 g/mol.